The van der Waals surface area contributed by atoms with Gasteiger partial charge in [-0.2, -0.15) is 0 Å². The van der Waals surface area contributed by atoms with E-state index in [0.717, 1.165) is 6.42 Å². The molecule has 2 aromatic rings. The average Bonchev–Trinajstić information content (AvgIpc) is 3.21. The molecule has 3 rings (SSSR count). The zero-order valence-corrected chi connectivity index (χ0v) is 16.0. The van der Waals surface area contributed by atoms with Gasteiger partial charge in [-0.05, 0) is 43.2 Å². The lowest BCUT2D eigenvalue weighted by Crippen LogP contribution is -2.43. The van der Waals surface area contributed by atoms with Gasteiger partial charge in [0.1, 0.15) is 6.33 Å². The van der Waals surface area contributed by atoms with Crippen molar-refractivity contribution in [3.05, 3.63) is 28.2 Å². The highest BCUT2D eigenvalue weighted by molar-refractivity contribution is 7.91. The van der Waals surface area contributed by atoms with Gasteiger partial charge in [0.15, 0.2) is 0 Å². The first-order valence-corrected chi connectivity index (χ1v) is 10.7. The molecule has 1 aliphatic heterocycles. The normalized spacial score (nSPS) is 16.3. The predicted octanol–water partition coefficient (Wildman–Crippen LogP) is 1.58. The second kappa shape index (κ2) is 7.25. The van der Waals surface area contributed by atoms with Crippen molar-refractivity contribution in [3.8, 4) is 0 Å². The van der Waals surface area contributed by atoms with Crippen LogP contribution >= 0.6 is 11.3 Å². The van der Waals surface area contributed by atoms with Crippen LogP contribution in [0, 0.1) is 6.92 Å². The van der Waals surface area contributed by atoms with E-state index in [2.05, 4.69) is 23.2 Å². The number of amides is 1. The van der Waals surface area contributed by atoms with Crippen molar-refractivity contribution in [1.82, 2.24) is 19.7 Å². The van der Waals surface area contributed by atoms with Gasteiger partial charge in [-0.1, -0.05) is 0 Å². The minimum atomic E-state index is -3.50. The SMILES string of the molecule is Cc1ccsc1CCC(=O)N1CCC(S(=O)(=O)c2nncn2C)CC1. The van der Waals surface area contributed by atoms with Crippen LogP contribution in [0.5, 0.6) is 0 Å². The Morgan fingerprint density at radius 1 is 1.36 bits per heavy atom. The van der Waals surface area contributed by atoms with Crippen LogP contribution in [-0.2, 0) is 28.1 Å². The molecule has 0 N–H and O–H groups in total. The summed E-state index contributed by atoms with van der Waals surface area (Å²) in [6.07, 6.45) is 3.50. The van der Waals surface area contributed by atoms with Gasteiger partial charge in [-0.15, -0.1) is 21.5 Å². The van der Waals surface area contributed by atoms with Gasteiger partial charge in [0.05, 0.1) is 5.25 Å². The van der Waals surface area contributed by atoms with Crippen LogP contribution in [0.2, 0.25) is 0 Å². The van der Waals surface area contributed by atoms with Crippen LogP contribution < -0.4 is 0 Å². The molecule has 25 heavy (non-hydrogen) atoms. The first kappa shape index (κ1) is 18.1. The molecular formula is C16H22N4O3S2. The Labute approximate surface area is 151 Å². The summed E-state index contributed by atoms with van der Waals surface area (Å²) in [5.74, 6) is 0.0994. The number of sulfone groups is 1. The minimum absolute atomic E-state index is 0.00504. The number of piperidine rings is 1. The number of nitrogens with zero attached hydrogens (tertiary/aromatic N) is 4. The maximum absolute atomic E-state index is 12.6. The molecule has 0 bridgehead atoms. The topological polar surface area (TPSA) is 85.2 Å². The van der Waals surface area contributed by atoms with Crippen molar-refractivity contribution in [2.24, 2.45) is 7.05 Å². The van der Waals surface area contributed by atoms with Crippen LogP contribution in [0.25, 0.3) is 0 Å². The van der Waals surface area contributed by atoms with E-state index >= 15 is 0 Å². The molecule has 1 amide bonds. The fourth-order valence-electron chi connectivity index (χ4n) is 3.13. The van der Waals surface area contributed by atoms with Gasteiger partial charge < -0.3 is 9.47 Å². The van der Waals surface area contributed by atoms with Gasteiger partial charge >= 0.3 is 0 Å². The van der Waals surface area contributed by atoms with E-state index in [1.165, 1.54) is 21.3 Å². The number of aromatic nitrogens is 3. The second-order valence-electron chi connectivity index (χ2n) is 6.38. The first-order valence-electron chi connectivity index (χ1n) is 8.28. The summed E-state index contributed by atoms with van der Waals surface area (Å²) in [7, 11) is -1.88. The Morgan fingerprint density at radius 3 is 2.64 bits per heavy atom. The Hall–Kier alpha value is -1.74. The van der Waals surface area contributed by atoms with E-state index in [1.54, 1.807) is 23.3 Å². The molecule has 136 valence electrons. The van der Waals surface area contributed by atoms with E-state index in [9.17, 15) is 13.2 Å². The maximum Gasteiger partial charge on any atom is 0.249 e. The summed E-state index contributed by atoms with van der Waals surface area (Å²) in [5.41, 5.74) is 1.23. The molecule has 0 radical (unpaired) electrons. The maximum atomic E-state index is 12.6. The smallest absolute Gasteiger partial charge is 0.249 e. The molecule has 3 heterocycles. The van der Waals surface area contributed by atoms with E-state index in [-0.39, 0.29) is 11.1 Å². The molecule has 0 aromatic carbocycles. The zero-order valence-electron chi connectivity index (χ0n) is 14.4. The molecule has 9 heteroatoms. The molecule has 0 spiro atoms. The number of carbonyl (C=O) groups excluding carboxylic acids is 1. The van der Waals surface area contributed by atoms with Crippen molar-refractivity contribution in [2.75, 3.05) is 13.1 Å². The molecule has 7 nitrogen and oxygen atoms in total. The summed E-state index contributed by atoms with van der Waals surface area (Å²) in [6, 6.07) is 2.06. The lowest BCUT2D eigenvalue weighted by Gasteiger charge is -2.31. The average molecular weight is 383 g/mol. The van der Waals surface area contributed by atoms with Crippen molar-refractivity contribution >= 4 is 27.1 Å². The van der Waals surface area contributed by atoms with Gasteiger partial charge in [0.2, 0.25) is 20.9 Å². The number of likely N-dealkylation sites (tertiary alicyclic amines) is 1. The quantitative estimate of drug-likeness (QED) is 0.784. The molecular weight excluding hydrogens is 360 g/mol. The Balaban J connectivity index is 1.56. The number of thiophene rings is 1. The Bertz CT molecular complexity index is 848. The standard InChI is InChI=1S/C16H22N4O3S2/c1-12-7-10-24-14(12)3-4-15(21)20-8-5-13(6-9-20)25(22,23)16-18-17-11-19(16)2/h7,10-11,13H,3-6,8-9H2,1-2H3. The fraction of sp³-hybridized carbons (Fsp3) is 0.562. The van der Waals surface area contributed by atoms with Crippen LogP contribution in [0.4, 0.5) is 0 Å². The third-order valence-electron chi connectivity index (χ3n) is 4.69. The van der Waals surface area contributed by atoms with Crippen molar-refractivity contribution in [1.29, 1.82) is 0 Å². The monoisotopic (exact) mass is 382 g/mol. The summed E-state index contributed by atoms with van der Waals surface area (Å²) in [6.45, 7) is 3.01. The molecule has 0 saturated carbocycles. The van der Waals surface area contributed by atoms with Gasteiger partial charge in [0, 0.05) is 31.4 Å². The van der Waals surface area contributed by atoms with Crippen molar-refractivity contribution in [3.63, 3.8) is 0 Å². The number of hydrogen-bond donors (Lipinski definition) is 0. The number of carbonyl (C=O) groups is 1. The minimum Gasteiger partial charge on any atom is -0.343 e. The second-order valence-corrected chi connectivity index (χ2v) is 9.50. The van der Waals surface area contributed by atoms with Crippen LogP contribution in [0.1, 0.15) is 29.7 Å². The third-order valence-corrected chi connectivity index (χ3v) is 8.00. The first-order chi connectivity index (χ1) is 11.9. The highest BCUT2D eigenvalue weighted by Gasteiger charge is 2.35. The van der Waals surface area contributed by atoms with Gasteiger partial charge in [-0.3, -0.25) is 4.79 Å². The lowest BCUT2D eigenvalue weighted by molar-refractivity contribution is -0.131. The highest BCUT2D eigenvalue weighted by atomic mass is 32.2. The molecule has 1 fully saturated rings. The molecule has 0 aliphatic carbocycles. The molecule has 0 atom stereocenters. The Kier molecular flexibility index (Phi) is 5.24. The number of hydrogen-bond acceptors (Lipinski definition) is 6. The van der Waals surface area contributed by atoms with Gasteiger partial charge in [0.25, 0.3) is 0 Å². The summed E-state index contributed by atoms with van der Waals surface area (Å²) >= 11 is 1.68. The fourth-order valence-corrected chi connectivity index (χ4v) is 5.78. The Morgan fingerprint density at radius 2 is 2.08 bits per heavy atom. The van der Waals surface area contributed by atoms with Crippen molar-refractivity contribution in [2.45, 2.75) is 43.0 Å². The van der Waals surface area contributed by atoms with Crippen molar-refractivity contribution < 1.29 is 13.2 Å². The summed E-state index contributed by atoms with van der Waals surface area (Å²) in [4.78, 5) is 15.4. The lowest BCUT2D eigenvalue weighted by atomic mass is 10.1. The van der Waals surface area contributed by atoms with E-state index < -0.39 is 15.1 Å². The van der Waals surface area contributed by atoms with E-state index in [0.29, 0.717) is 32.4 Å². The van der Waals surface area contributed by atoms with Crippen LogP contribution in [-0.4, -0.2) is 52.3 Å². The zero-order chi connectivity index (χ0) is 18.0. The van der Waals surface area contributed by atoms with Gasteiger partial charge in [-0.25, -0.2) is 8.42 Å². The molecule has 1 aliphatic rings. The number of aryl methyl sites for hydroxylation is 3. The third kappa shape index (κ3) is 3.77. The highest BCUT2D eigenvalue weighted by Crippen LogP contribution is 2.24. The summed E-state index contributed by atoms with van der Waals surface area (Å²) < 4.78 is 26.7. The molecule has 0 unspecified atom stereocenters. The van der Waals surface area contributed by atoms with Crippen LogP contribution in [0.15, 0.2) is 22.9 Å². The largest absolute Gasteiger partial charge is 0.343 e. The van der Waals surface area contributed by atoms with E-state index in [1.807, 2.05) is 5.38 Å². The summed E-state index contributed by atoms with van der Waals surface area (Å²) in [5, 5.41) is 8.92. The van der Waals surface area contributed by atoms with Crippen LogP contribution in [0.3, 0.4) is 0 Å². The number of rotatable bonds is 5. The van der Waals surface area contributed by atoms with E-state index in [4.69, 9.17) is 0 Å². The predicted molar refractivity (Wildman–Crippen MR) is 95.2 cm³/mol. The molecule has 1 saturated heterocycles. The molecule has 2 aromatic heterocycles.